The molecule has 19 heavy (non-hydrogen) atoms. The average molecular weight is 279 g/mol. The minimum Gasteiger partial charge on any atom is -0.465 e. The first-order chi connectivity index (χ1) is 8.75. The van der Waals surface area contributed by atoms with Crippen LogP contribution in [0.3, 0.4) is 0 Å². The summed E-state index contributed by atoms with van der Waals surface area (Å²) in [5.41, 5.74) is -0.0633. The van der Waals surface area contributed by atoms with Gasteiger partial charge in [0.2, 0.25) is 0 Å². The molecule has 0 saturated carbocycles. The molecule has 1 heterocycles. The van der Waals surface area contributed by atoms with E-state index in [1.54, 1.807) is 6.92 Å². The van der Waals surface area contributed by atoms with Crippen LogP contribution in [0.5, 0.6) is 0 Å². The van der Waals surface area contributed by atoms with Crippen LogP contribution in [0.1, 0.15) is 6.92 Å². The molecule has 1 amide bonds. The minimum absolute atomic E-state index is 0.0633. The maximum absolute atomic E-state index is 12.2. The van der Waals surface area contributed by atoms with Gasteiger partial charge in [0.25, 0.3) is 0 Å². The van der Waals surface area contributed by atoms with Gasteiger partial charge in [0, 0.05) is 13.2 Å². The molecular formula is C10H12F3N3O3. The Balaban J connectivity index is 2.74. The van der Waals surface area contributed by atoms with Crippen molar-refractivity contribution in [2.24, 2.45) is 0 Å². The molecule has 0 aliphatic rings. The Morgan fingerprint density at radius 3 is 2.63 bits per heavy atom. The number of halogens is 3. The molecular weight excluding hydrogens is 267 g/mol. The van der Waals surface area contributed by atoms with Gasteiger partial charge in [-0.25, -0.2) is 0 Å². The van der Waals surface area contributed by atoms with Crippen LogP contribution in [0.25, 0.3) is 0 Å². The molecule has 0 atom stereocenters. The third-order valence-corrected chi connectivity index (χ3v) is 2.15. The van der Waals surface area contributed by atoms with Gasteiger partial charge in [0.15, 0.2) is 0 Å². The highest BCUT2D eigenvalue weighted by molar-refractivity contribution is 5.96. The number of anilines is 1. The molecule has 0 bridgehead atoms. The molecule has 1 rings (SSSR count). The maximum atomic E-state index is 12.2. The molecule has 0 N–H and O–H groups in total. The van der Waals surface area contributed by atoms with Gasteiger partial charge in [-0.15, -0.1) is 0 Å². The van der Waals surface area contributed by atoms with Gasteiger partial charge in [0.1, 0.15) is 6.54 Å². The Bertz CT molecular complexity index is 470. The van der Waals surface area contributed by atoms with E-state index in [1.165, 1.54) is 0 Å². The second kappa shape index (κ2) is 5.72. The molecule has 9 heteroatoms. The van der Waals surface area contributed by atoms with E-state index >= 15 is 0 Å². The van der Waals surface area contributed by atoms with Gasteiger partial charge >= 0.3 is 18.1 Å². The number of carbonyl (C=O) groups is 2. The van der Waals surface area contributed by atoms with Crippen molar-refractivity contribution in [2.75, 3.05) is 18.6 Å². The van der Waals surface area contributed by atoms with Crippen molar-refractivity contribution in [1.82, 2.24) is 9.78 Å². The van der Waals surface area contributed by atoms with E-state index in [9.17, 15) is 22.8 Å². The van der Waals surface area contributed by atoms with Crippen molar-refractivity contribution in [1.29, 1.82) is 0 Å². The van der Waals surface area contributed by atoms with Crippen LogP contribution in [0, 0.1) is 0 Å². The fourth-order valence-corrected chi connectivity index (χ4v) is 1.26. The fraction of sp³-hybridized carbons (Fsp3) is 0.500. The van der Waals surface area contributed by atoms with Crippen molar-refractivity contribution < 1.29 is 27.5 Å². The Kier molecular flexibility index (Phi) is 4.52. The zero-order chi connectivity index (χ0) is 14.6. The lowest BCUT2D eigenvalue weighted by molar-refractivity contribution is -0.170. The average Bonchev–Trinajstić information content (AvgIpc) is 2.74. The Labute approximate surface area is 106 Å². The van der Waals surface area contributed by atoms with Gasteiger partial charge in [-0.3, -0.25) is 14.3 Å². The van der Waals surface area contributed by atoms with E-state index in [2.05, 4.69) is 9.84 Å². The van der Waals surface area contributed by atoms with Crippen molar-refractivity contribution in [3.05, 3.63) is 12.4 Å². The summed E-state index contributed by atoms with van der Waals surface area (Å²) in [5, 5.41) is 3.68. The molecule has 1 aromatic rings. The van der Waals surface area contributed by atoms with E-state index in [1.807, 2.05) is 0 Å². The molecule has 0 unspecified atom stereocenters. The highest BCUT2D eigenvalue weighted by atomic mass is 19.4. The van der Waals surface area contributed by atoms with Crippen LogP contribution >= 0.6 is 0 Å². The number of rotatable bonds is 4. The number of hydrogen-bond donors (Lipinski definition) is 0. The lowest BCUT2D eigenvalue weighted by Gasteiger charge is -2.16. The highest BCUT2D eigenvalue weighted by Crippen LogP contribution is 2.21. The molecule has 0 aliphatic heterocycles. The topological polar surface area (TPSA) is 64.4 Å². The summed E-state index contributed by atoms with van der Waals surface area (Å²) in [6, 6.07) is 0. The summed E-state index contributed by atoms with van der Waals surface area (Å²) in [5.74, 6) is -2.58. The predicted octanol–water partition coefficient (Wildman–Crippen LogP) is 0.971. The smallest absolute Gasteiger partial charge is 0.465 e. The lowest BCUT2D eigenvalue weighted by atomic mass is 10.4. The van der Waals surface area contributed by atoms with Crippen LogP contribution in [-0.4, -0.2) is 41.5 Å². The summed E-state index contributed by atoms with van der Waals surface area (Å²) in [6.07, 6.45) is -2.75. The largest absolute Gasteiger partial charge is 0.471 e. The van der Waals surface area contributed by atoms with Crippen LogP contribution in [0.2, 0.25) is 0 Å². The zero-order valence-corrected chi connectivity index (χ0v) is 10.3. The molecule has 0 spiro atoms. The predicted molar refractivity (Wildman–Crippen MR) is 58.3 cm³/mol. The van der Waals surface area contributed by atoms with Gasteiger partial charge in [-0.1, -0.05) is 0 Å². The first-order valence-corrected chi connectivity index (χ1v) is 5.28. The zero-order valence-electron chi connectivity index (χ0n) is 10.3. The van der Waals surface area contributed by atoms with Crippen LogP contribution < -0.4 is 4.90 Å². The first-order valence-electron chi connectivity index (χ1n) is 5.28. The normalized spacial score (nSPS) is 11.2. The lowest BCUT2D eigenvalue weighted by Crippen LogP contribution is -2.38. The Morgan fingerprint density at radius 1 is 1.47 bits per heavy atom. The van der Waals surface area contributed by atoms with Crippen molar-refractivity contribution >= 4 is 17.6 Å². The molecule has 0 fully saturated rings. The summed E-state index contributed by atoms with van der Waals surface area (Å²) in [6.45, 7) is 1.59. The van der Waals surface area contributed by atoms with E-state index in [-0.39, 0.29) is 18.8 Å². The second-order valence-corrected chi connectivity index (χ2v) is 3.56. The fourth-order valence-electron chi connectivity index (χ4n) is 1.26. The monoisotopic (exact) mass is 279 g/mol. The standard InChI is InChI=1S/C10H12F3N3O3/c1-3-19-8(17)6-16-5-7(4-14-16)15(2)9(18)10(11,12)13/h4-5H,3,6H2,1-2H3. The highest BCUT2D eigenvalue weighted by Gasteiger charge is 2.42. The molecule has 0 aliphatic carbocycles. The van der Waals surface area contributed by atoms with E-state index in [0.29, 0.717) is 4.90 Å². The number of hydrogen-bond acceptors (Lipinski definition) is 4. The van der Waals surface area contributed by atoms with E-state index in [4.69, 9.17) is 0 Å². The summed E-state index contributed by atoms with van der Waals surface area (Å²) >= 11 is 0. The summed E-state index contributed by atoms with van der Waals surface area (Å²) in [7, 11) is 0.974. The first kappa shape index (κ1) is 15.0. The van der Waals surface area contributed by atoms with E-state index in [0.717, 1.165) is 24.1 Å². The molecule has 106 valence electrons. The second-order valence-electron chi connectivity index (χ2n) is 3.56. The van der Waals surface area contributed by atoms with Gasteiger partial charge < -0.3 is 9.64 Å². The SMILES string of the molecule is CCOC(=O)Cn1cc(N(C)C(=O)C(F)(F)F)cn1. The molecule has 0 radical (unpaired) electrons. The van der Waals surface area contributed by atoms with Crippen LogP contribution in [0.4, 0.5) is 18.9 Å². The van der Waals surface area contributed by atoms with E-state index < -0.39 is 18.1 Å². The Morgan fingerprint density at radius 2 is 2.11 bits per heavy atom. The van der Waals surface area contributed by atoms with Gasteiger partial charge in [-0.2, -0.15) is 18.3 Å². The maximum Gasteiger partial charge on any atom is 0.471 e. The van der Waals surface area contributed by atoms with Crippen molar-refractivity contribution in [3.63, 3.8) is 0 Å². The minimum atomic E-state index is -4.96. The van der Waals surface area contributed by atoms with Crippen molar-refractivity contribution in [2.45, 2.75) is 19.6 Å². The van der Waals surface area contributed by atoms with Gasteiger partial charge in [-0.05, 0) is 6.92 Å². The molecule has 1 aromatic heterocycles. The van der Waals surface area contributed by atoms with Gasteiger partial charge in [0.05, 0.1) is 18.5 Å². The number of alkyl halides is 3. The summed E-state index contributed by atoms with van der Waals surface area (Å²) in [4.78, 5) is 22.5. The van der Waals surface area contributed by atoms with Crippen LogP contribution in [0.15, 0.2) is 12.4 Å². The molecule has 6 nitrogen and oxygen atoms in total. The summed E-state index contributed by atoms with van der Waals surface area (Å²) < 4.78 is 42.4. The number of ether oxygens (including phenoxy) is 1. The third-order valence-electron chi connectivity index (χ3n) is 2.15. The van der Waals surface area contributed by atoms with Crippen LogP contribution in [-0.2, 0) is 20.9 Å². The number of carbonyl (C=O) groups excluding carboxylic acids is 2. The van der Waals surface area contributed by atoms with Crippen molar-refractivity contribution in [3.8, 4) is 0 Å². The number of esters is 1. The molecule has 0 saturated heterocycles. The number of nitrogens with zero attached hydrogens (tertiary/aromatic N) is 3. The number of aromatic nitrogens is 2. The third kappa shape index (κ3) is 3.97. The molecule has 0 aromatic carbocycles. The number of amides is 1. The Hall–Kier alpha value is -2.06. The quantitative estimate of drug-likeness (QED) is 0.770.